The van der Waals surface area contributed by atoms with E-state index in [0.717, 1.165) is 29.0 Å². The molecule has 0 saturated heterocycles. The molecule has 5 aromatic rings. The van der Waals surface area contributed by atoms with Crippen molar-refractivity contribution >= 4 is 28.4 Å². The number of aromatic nitrogens is 5. The number of fused-ring (bicyclic) bond motifs is 1. The Kier molecular flexibility index (Phi) is 8.26. The average Bonchev–Trinajstić information content (AvgIpc) is 3.38. The number of aromatic amines is 1. The number of nitrogens with one attached hydrogen (secondary N) is 3. The number of anilines is 2. The summed E-state index contributed by atoms with van der Waals surface area (Å²) in [4.78, 5) is 43.9. The minimum Gasteiger partial charge on any atom is -0.453 e. The summed E-state index contributed by atoms with van der Waals surface area (Å²) in [7, 11) is 0. The summed E-state index contributed by atoms with van der Waals surface area (Å²) >= 11 is 0. The molecule has 14 heteroatoms. The zero-order valence-electron chi connectivity index (χ0n) is 25.1. The maximum atomic E-state index is 15.3. The SMILES string of the molecule is CC(C)n1cc(C(=O)Nc2ccc(Oc3ccnc4[nH]nc(N[C@H](C)C(C)(C)O)c34)c(F)c2)c(=O)n(-c2ccc(F)cc2)c1=O. The van der Waals surface area contributed by atoms with Gasteiger partial charge in [-0.3, -0.25) is 19.3 Å². The molecule has 4 N–H and O–H groups in total. The Balaban J connectivity index is 1.43. The summed E-state index contributed by atoms with van der Waals surface area (Å²) in [6.45, 7) is 8.47. The number of amides is 1. The molecule has 0 aliphatic carbocycles. The summed E-state index contributed by atoms with van der Waals surface area (Å²) in [5.74, 6) is -1.86. The van der Waals surface area contributed by atoms with E-state index in [2.05, 4.69) is 25.8 Å². The zero-order chi connectivity index (χ0) is 32.6. The monoisotopic (exact) mass is 619 g/mol. The number of nitrogens with zero attached hydrogens (tertiary/aromatic N) is 4. The molecule has 1 amide bonds. The lowest BCUT2D eigenvalue weighted by molar-refractivity contribution is 0.0648. The summed E-state index contributed by atoms with van der Waals surface area (Å²) < 4.78 is 36.7. The number of ether oxygens (including phenoxy) is 1. The van der Waals surface area contributed by atoms with Gasteiger partial charge in [0, 0.05) is 36.3 Å². The molecule has 12 nitrogen and oxygen atoms in total. The Morgan fingerprint density at radius 1 is 1.04 bits per heavy atom. The molecule has 5 rings (SSSR count). The van der Waals surface area contributed by atoms with Gasteiger partial charge in [0.1, 0.15) is 22.5 Å². The summed E-state index contributed by atoms with van der Waals surface area (Å²) in [5.41, 5.74) is -2.61. The molecular formula is C31H31F2N7O5. The van der Waals surface area contributed by atoms with E-state index in [1.165, 1.54) is 41.1 Å². The second kappa shape index (κ2) is 12.0. The Morgan fingerprint density at radius 3 is 2.40 bits per heavy atom. The molecule has 2 aromatic carbocycles. The van der Waals surface area contributed by atoms with E-state index in [-0.39, 0.29) is 28.4 Å². The van der Waals surface area contributed by atoms with Crippen molar-refractivity contribution in [3.63, 3.8) is 0 Å². The molecule has 3 aromatic heterocycles. The van der Waals surface area contributed by atoms with Crippen LogP contribution in [-0.2, 0) is 0 Å². The first kappa shape index (κ1) is 31.1. The minimum absolute atomic E-state index is 0.0180. The molecule has 0 aliphatic rings. The highest BCUT2D eigenvalue weighted by Gasteiger charge is 2.25. The van der Waals surface area contributed by atoms with Gasteiger partial charge in [0.2, 0.25) is 0 Å². The number of carbonyl (C=O) groups excluding carboxylic acids is 1. The van der Waals surface area contributed by atoms with E-state index in [1.807, 2.05) is 0 Å². The lowest BCUT2D eigenvalue weighted by atomic mass is 10.0. The largest absolute Gasteiger partial charge is 0.453 e. The second-order valence-corrected chi connectivity index (χ2v) is 11.3. The third-order valence-corrected chi connectivity index (χ3v) is 7.25. The average molecular weight is 620 g/mol. The number of halogens is 2. The number of carbonyl (C=O) groups is 1. The third kappa shape index (κ3) is 6.31. The topological polar surface area (TPSA) is 156 Å². The van der Waals surface area contributed by atoms with Crippen molar-refractivity contribution in [3.05, 3.63) is 99.0 Å². The lowest BCUT2D eigenvalue weighted by Gasteiger charge is -2.26. The Hall–Kier alpha value is -5.37. The zero-order valence-corrected chi connectivity index (χ0v) is 25.1. The number of hydrogen-bond donors (Lipinski definition) is 4. The van der Waals surface area contributed by atoms with Crippen LogP contribution in [-0.4, -0.2) is 47.0 Å². The van der Waals surface area contributed by atoms with Crippen LogP contribution in [0.25, 0.3) is 16.7 Å². The van der Waals surface area contributed by atoms with E-state index in [0.29, 0.717) is 16.9 Å². The van der Waals surface area contributed by atoms with Crippen LogP contribution in [0.1, 0.15) is 51.0 Å². The Bertz CT molecular complexity index is 2010. The predicted octanol–water partition coefficient (Wildman–Crippen LogP) is 4.75. The van der Waals surface area contributed by atoms with Gasteiger partial charge in [-0.25, -0.2) is 23.1 Å². The van der Waals surface area contributed by atoms with Crippen molar-refractivity contribution in [3.8, 4) is 17.2 Å². The molecule has 0 saturated carbocycles. The van der Waals surface area contributed by atoms with E-state index in [1.54, 1.807) is 34.6 Å². The van der Waals surface area contributed by atoms with Gasteiger partial charge in [-0.15, -0.1) is 0 Å². The number of benzene rings is 2. The highest BCUT2D eigenvalue weighted by atomic mass is 19.1. The molecular weight excluding hydrogens is 588 g/mol. The fourth-order valence-electron chi connectivity index (χ4n) is 4.39. The van der Waals surface area contributed by atoms with Gasteiger partial charge < -0.3 is 20.5 Å². The van der Waals surface area contributed by atoms with Crippen molar-refractivity contribution in [1.29, 1.82) is 0 Å². The summed E-state index contributed by atoms with van der Waals surface area (Å²) in [6, 6.07) is 9.11. The number of rotatable bonds is 9. The van der Waals surface area contributed by atoms with Crippen molar-refractivity contribution in [2.75, 3.05) is 10.6 Å². The molecule has 0 bridgehead atoms. The standard InChI is InChI=1S/C31H31F2N7O5/c1-16(2)39-15-21(29(42)40(30(39)43)20-9-6-18(32)7-10-20)28(41)36-19-8-11-23(22(33)14-19)45-24-12-13-34-26-25(24)27(38-37-26)35-17(3)31(4,5)44/h6-17,44H,1-5H3,(H,36,41)(H2,34,35,37,38)/t17-/m1/s1. The Morgan fingerprint density at radius 2 is 1.76 bits per heavy atom. The number of H-pyrrole nitrogens is 1. The normalized spacial score (nSPS) is 12.4. The summed E-state index contributed by atoms with van der Waals surface area (Å²) in [5, 5.41) is 23.3. The molecule has 0 aliphatic heterocycles. The second-order valence-electron chi connectivity index (χ2n) is 11.3. The van der Waals surface area contributed by atoms with Gasteiger partial charge >= 0.3 is 5.69 Å². The summed E-state index contributed by atoms with van der Waals surface area (Å²) in [6.07, 6.45) is 2.60. The highest BCUT2D eigenvalue weighted by Crippen LogP contribution is 2.35. The van der Waals surface area contributed by atoms with E-state index >= 15 is 4.39 Å². The number of hydrogen-bond acceptors (Lipinski definition) is 8. The van der Waals surface area contributed by atoms with Gasteiger partial charge in [-0.1, -0.05) is 0 Å². The maximum absolute atomic E-state index is 15.3. The third-order valence-electron chi connectivity index (χ3n) is 7.25. The van der Waals surface area contributed by atoms with Crippen LogP contribution in [0.15, 0.2) is 70.5 Å². The van der Waals surface area contributed by atoms with Gasteiger partial charge in [0.15, 0.2) is 23.0 Å². The first-order valence-corrected chi connectivity index (χ1v) is 14.0. The van der Waals surface area contributed by atoms with Crippen LogP contribution in [0.5, 0.6) is 11.5 Å². The quantitative estimate of drug-likeness (QED) is 0.184. The fourth-order valence-corrected chi connectivity index (χ4v) is 4.39. The molecule has 3 heterocycles. The first-order chi connectivity index (χ1) is 21.2. The van der Waals surface area contributed by atoms with Crippen molar-refractivity contribution in [1.82, 2.24) is 24.3 Å². The van der Waals surface area contributed by atoms with Crippen molar-refractivity contribution in [2.24, 2.45) is 0 Å². The van der Waals surface area contributed by atoms with Gasteiger partial charge in [0.05, 0.1) is 17.3 Å². The van der Waals surface area contributed by atoms with E-state index < -0.39 is 46.5 Å². The van der Waals surface area contributed by atoms with E-state index in [4.69, 9.17) is 4.74 Å². The Labute approximate surface area is 255 Å². The molecule has 234 valence electrons. The molecule has 0 fully saturated rings. The van der Waals surface area contributed by atoms with E-state index in [9.17, 15) is 23.9 Å². The first-order valence-electron chi connectivity index (χ1n) is 14.0. The van der Waals surface area contributed by atoms with Crippen LogP contribution >= 0.6 is 0 Å². The molecule has 0 radical (unpaired) electrons. The van der Waals surface area contributed by atoms with Crippen molar-refractivity contribution in [2.45, 2.75) is 52.3 Å². The van der Waals surface area contributed by atoms with Crippen LogP contribution in [0, 0.1) is 11.6 Å². The maximum Gasteiger partial charge on any atom is 0.335 e. The minimum atomic E-state index is -1.07. The van der Waals surface area contributed by atoms with Crippen LogP contribution in [0.4, 0.5) is 20.3 Å². The molecule has 0 spiro atoms. The highest BCUT2D eigenvalue weighted by molar-refractivity contribution is 6.04. The smallest absolute Gasteiger partial charge is 0.335 e. The van der Waals surface area contributed by atoms with Crippen LogP contribution < -0.4 is 26.6 Å². The van der Waals surface area contributed by atoms with Gasteiger partial charge in [-0.05, 0) is 71.0 Å². The number of aliphatic hydroxyl groups is 1. The van der Waals surface area contributed by atoms with Crippen LogP contribution in [0.2, 0.25) is 0 Å². The lowest BCUT2D eigenvalue weighted by Crippen LogP contribution is -2.42. The van der Waals surface area contributed by atoms with Gasteiger partial charge in [0.25, 0.3) is 11.5 Å². The molecule has 1 atom stereocenters. The molecule has 0 unspecified atom stereocenters. The fraction of sp³-hybridized carbons (Fsp3) is 0.258. The van der Waals surface area contributed by atoms with Gasteiger partial charge in [-0.2, -0.15) is 5.10 Å². The predicted molar refractivity (Wildman–Crippen MR) is 164 cm³/mol. The van der Waals surface area contributed by atoms with Crippen molar-refractivity contribution < 1.29 is 23.4 Å². The molecule has 45 heavy (non-hydrogen) atoms. The van der Waals surface area contributed by atoms with Crippen LogP contribution in [0.3, 0.4) is 0 Å². The number of pyridine rings is 1.